The third-order valence-electron chi connectivity index (χ3n) is 4.15. The molecule has 0 spiro atoms. The molecule has 1 aliphatic heterocycles. The molecule has 128 valence electrons. The highest BCUT2D eigenvalue weighted by atomic mass is 19.4. The van der Waals surface area contributed by atoms with Crippen molar-refractivity contribution in [3.63, 3.8) is 0 Å². The fourth-order valence-corrected chi connectivity index (χ4v) is 2.94. The van der Waals surface area contributed by atoms with Crippen LogP contribution in [0.3, 0.4) is 0 Å². The third kappa shape index (κ3) is 4.68. The van der Waals surface area contributed by atoms with E-state index < -0.39 is 12.2 Å². The van der Waals surface area contributed by atoms with E-state index in [0.717, 1.165) is 0 Å². The highest BCUT2D eigenvalue weighted by Gasteiger charge is 2.41. The Morgan fingerprint density at radius 1 is 1.39 bits per heavy atom. The second-order valence-corrected chi connectivity index (χ2v) is 5.99. The van der Waals surface area contributed by atoms with Gasteiger partial charge in [0.25, 0.3) is 0 Å². The Kier molecular flexibility index (Phi) is 5.64. The van der Waals surface area contributed by atoms with Crippen LogP contribution < -0.4 is 11.1 Å². The van der Waals surface area contributed by atoms with E-state index in [4.69, 9.17) is 5.73 Å². The van der Waals surface area contributed by atoms with Gasteiger partial charge in [-0.15, -0.1) is 0 Å². The number of nitrogens with zero attached hydrogens (tertiary/aromatic N) is 1. The van der Waals surface area contributed by atoms with Crippen LogP contribution in [-0.2, 0) is 4.79 Å². The molecule has 1 aliphatic rings. The van der Waals surface area contributed by atoms with Crippen LogP contribution in [0.15, 0.2) is 30.3 Å². The van der Waals surface area contributed by atoms with Gasteiger partial charge in [-0.2, -0.15) is 13.2 Å². The molecule has 23 heavy (non-hydrogen) atoms. The van der Waals surface area contributed by atoms with Crippen molar-refractivity contribution >= 4 is 5.91 Å². The van der Waals surface area contributed by atoms with Gasteiger partial charge in [0.15, 0.2) is 0 Å². The quantitative estimate of drug-likeness (QED) is 0.890. The molecule has 0 aromatic heterocycles. The molecule has 1 saturated heterocycles. The molecule has 0 saturated carbocycles. The van der Waals surface area contributed by atoms with Crippen molar-refractivity contribution in [2.75, 3.05) is 13.1 Å². The van der Waals surface area contributed by atoms with Gasteiger partial charge in [0.2, 0.25) is 5.91 Å². The number of nitrogens with one attached hydrogen (secondary N) is 1. The van der Waals surface area contributed by atoms with Gasteiger partial charge in [0.05, 0.1) is 6.54 Å². The molecule has 0 aliphatic carbocycles. The fraction of sp³-hybridized carbons (Fsp3) is 0.562. The molecule has 2 rings (SSSR count). The van der Waals surface area contributed by atoms with E-state index in [9.17, 15) is 18.0 Å². The number of amides is 1. The van der Waals surface area contributed by atoms with Crippen LogP contribution in [0, 0.1) is 0 Å². The lowest BCUT2D eigenvalue weighted by molar-refractivity contribution is -0.159. The number of halogens is 3. The van der Waals surface area contributed by atoms with E-state index in [-0.39, 0.29) is 30.1 Å². The Hall–Kier alpha value is -1.60. The second kappa shape index (κ2) is 7.31. The summed E-state index contributed by atoms with van der Waals surface area (Å²) < 4.78 is 39.7. The van der Waals surface area contributed by atoms with Gasteiger partial charge in [-0.3, -0.25) is 10.1 Å². The maximum absolute atomic E-state index is 13.2. The van der Waals surface area contributed by atoms with Crippen molar-refractivity contribution in [2.24, 2.45) is 5.73 Å². The number of benzene rings is 1. The minimum absolute atomic E-state index is 0.0471. The fourth-order valence-electron chi connectivity index (χ4n) is 2.94. The predicted octanol–water partition coefficient (Wildman–Crippen LogP) is 2.22. The Morgan fingerprint density at radius 3 is 2.61 bits per heavy atom. The lowest BCUT2D eigenvalue weighted by Gasteiger charge is -2.36. The van der Waals surface area contributed by atoms with Crippen LogP contribution >= 0.6 is 0 Å². The zero-order chi connectivity index (χ0) is 17.0. The first kappa shape index (κ1) is 17.7. The van der Waals surface area contributed by atoms with Gasteiger partial charge in [0.1, 0.15) is 6.04 Å². The van der Waals surface area contributed by atoms with E-state index >= 15 is 0 Å². The van der Waals surface area contributed by atoms with E-state index in [2.05, 4.69) is 5.32 Å². The summed E-state index contributed by atoms with van der Waals surface area (Å²) in [5.74, 6) is -0.324. The molecular formula is C16H22F3N3O. The normalized spacial score (nSPS) is 23.6. The number of nitrogens with two attached hydrogens (primary N) is 1. The van der Waals surface area contributed by atoms with Crippen LogP contribution in [0.4, 0.5) is 13.2 Å². The molecule has 3 atom stereocenters. The van der Waals surface area contributed by atoms with Gasteiger partial charge in [-0.05, 0) is 25.3 Å². The Morgan fingerprint density at radius 2 is 2.04 bits per heavy atom. The van der Waals surface area contributed by atoms with Crippen LogP contribution in [-0.4, -0.2) is 42.2 Å². The van der Waals surface area contributed by atoms with Crippen LogP contribution in [0.25, 0.3) is 0 Å². The average Bonchev–Trinajstić information content (AvgIpc) is 2.47. The van der Waals surface area contributed by atoms with E-state index in [0.29, 0.717) is 19.4 Å². The third-order valence-corrected chi connectivity index (χ3v) is 4.15. The van der Waals surface area contributed by atoms with Gasteiger partial charge in [-0.1, -0.05) is 30.3 Å². The first-order chi connectivity index (χ1) is 10.8. The van der Waals surface area contributed by atoms with E-state index in [1.807, 2.05) is 6.92 Å². The van der Waals surface area contributed by atoms with Gasteiger partial charge >= 0.3 is 6.18 Å². The van der Waals surface area contributed by atoms with Crippen molar-refractivity contribution < 1.29 is 18.0 Å². The minimum Gasteiger partial charge on any atom is -0.339 e. The summed E-state index contributed by atoms with van der Waals surface area (Å²) >= 11 is 0. The molecular weight excluding hydrogens is 307 g/mol. The maximum Gasteiger partial charge on any atom is 0.407 e. The summed E-state index contributed by atoms with van der Waals surface area (Å²) in [4.78, 5) is 13.8. The Balaban J connectivity index is 2.00. The highest BCUT2D eigenvalue weighted by Crippen LogP contribution is 2.32. The molecule has 7 heteroatoms. The maximum atomic E-state index is 13.2. The average molecular weight is 329 g/mol. The molecule has 1 aromatic rings. The van der Waals surface area contributed by atoms with Gasteiger partial charge < -0.3 is 10.6 Å². The number of hydrogen-bond donors (Lipinski definition) is 2. The van der Waals surface area contributed by atoms with Crippen molar-refractivity contribution in [1.29, 1.82) is 0 Å². The summed E-state index contributed by atoms with van der Waals surface area (Å²) in [5.41, 5.74) is 5.94. The second-order valence-electron chi connectivity index (χ2n) is 5.99. The monoisotopic (exact) mass is 329 g/mol. The zero-order valence-electron chi connectivity index (χ0n) is 13.0. The largest absolute Gasteiger partial charge is 0.407 e. The molecule has 1 amide bonds. The number of rotatable bonds is 4. The number of alkyl halides is 3. The first-order valence-electron chi connectivity index (χ1n) is 7.69. The Labute approximate surface area is 133 Å². The lowest BCUT2D eigenvalue weighted by Crippen LogP contribution is -2.51. The van der Waals surface area contributed by atoms with E-state index in [1.165, 1.54) is 12.1 Å². The molecule has 4 nitrogen and oxygen atoms in total. The summed E-state index contributed by atoms with van der Waals surface area (Å²) in [6, 6.07) is 5.70. The lowest BCUT2D eigenvalue weighted by atomic mass is 9.99. The highest BCUT2D eigenvalue weighted by molar-refractivity contribution is 5.78. The molecule has 0 bridgehead atoms. The van der Waals surface area contributed by atoms with Crippen LogP contribution in [0.2, 0.25) is 0 Å². The van der Waals surface area contributed by atoms with E-state index in [1.54, 1.807) is 23.1 Å². The summed E-state index contributed by atoms with van der Waals surface area (Å²) in [7, 11) is 0. The number of hydrogen-bond acceptors (Lipinski definition) is 3. The standard InChI is InChI=1S/C16H22F3N3O/c1-11-9-13(20)7-8-22(11)14(23)10-21-15(16(17,18)19)12-5-3-2-4-6-12/h2-6,11,13,15,21H,7-10,20H2,1H3/t11-,13-,15+/m1/s1. The van der Waals surface area contributed by atoms with Crippen molar-refractivity contribution in [1.82, 2.24) is 10.2 Å². The SMILES string of the molecule is C[C@@H]1C[C@H](N)CCN1C(=O)CN[C@@H](c1ccccc1)C(F)(F)F. The molecule has 1 fully saturated rings. The topological polar surface area (TPSA) is 58.4 Å². The molecule has 1 aromatic carbocycles. The number of likely N-dealkylation sites (tertiary alicyclic amines) is 1. The summed E-state index contributed by atoms with van der Waals surface area (Å²) in [5, 5.41) is 2.36. The molecule has 0 radical (unpaired) electrons. The Bertz CT molecular complexity index is 521. The first-order valence-corrected chi connectivity index (χ1v) is 7.69. The summed E-state index contributed by atoms with van der Waals surface area (Å²) in [6.07, 6.45) is -3.11. The van der Waals surface area contributed by atoms with Crippen LogP contribution in [0.1, 0.15) is 31.4 Å². The van der Waals surface area contributed by atoms with Gasteiger partial charge in [-0.25, -0.2) is 0 Å². The number of piperidine rings is 1. The van der Waals surface area contributed by atoms with Crippen LogP contribution in [0.5, 0.6) is 0 Å². The smallest absolute Gasteiger partial charge is 0.339 e. The summed E-state index contributed by atoms with van der Waals surface area (Å²) in [6.45, 7) is 2.01. The zero-order valence-corrected chi connectivity index (χ0v) is 13.0. The van der Waals surface area contributed by atoms with Crippen molar-refractivity contribution in [2.45, 2.75) is 44.1 Å². The molecule has 0 unspecified atom stereocenters. The van der Waals surface area contributed by atoms with Gasteiger partial charge in [0, 0.05) is 18.6 Å². The predicted molar refractivity (Wildman–Crippen MR) is 81.6 cm³/mol. The number of carbonyl (C=O) groups is 1. The van der Waals surface area contributed by atoms with Crippen molar-refractivity contribution in [3.05, 3.63) is 35.9 Å². The minimum atomic E-state index is -4.46. The van der Waals surface area contributed by atoms with Crippen molar-refractivity contribution in [3.8, 4) is 0 Å². The molecule has 1 heterocycles. The molecule has 3 N–H and O–H groups in total. The number of carbonyl (C=O) groups excluding carboxylic acids is 1.